The molecule has 1 aliphatic rings. The lowest BCUT2D eigenvalue weighted by Gasteiger charge is -2.25. The monoisotopic (exact) mass is 304 g/mol. The van der Waals surface area contributed by atoms with Gasteiger partial charge in [-0.3, -0.25) is 0 Å². The van der Waals surface area contributed by atoms with Crippen LogP contribution in [0.1, 0.15) is 31.7 Å². The third-order valence-electron chi connectivity index (χ3n) is 3.94. The van der Waals surface area contributed by atoms with E-state index in [1.54, 1.807) is 19.2 Å². The van der Waals surface area contributed by atoms with Gasteiger partial charge in [-0.15, -0.1) is 0 Å². The van der Waals surface area contributed by atoms with E-state index in [9.17, 15) is 4.39 Å². The molecule has 1 aromatic carbocycles. The molecule has 1 atom stereocenters. The molecule has 0 bridgehead atoms. The van der Waals surface area contributed by atoms with Gasteiger partial charge in [0.25, 0.3) is 0 Å². The summed E-state index contributed by atoms with van der Waals surface area (Å²) in [6.07, 6.45) is 0.872. The highest BCUT2D eigenvalue weighted by Gasteiger charge is 2.29. The normalized spacial score (nSPS) is 17.4. The van der Waals surface area contributed by atoms with Crippen molar-refractivity contribution in [1.29, 1.82) is 0 Å². The van der Waals surface area contributed by atoms with E-state index < -0.39 is 0 Å². The predicted octanol–water partition coefficient (Wildman–Crippen LogP) is 3.61. The maximum absolute atomic E-state index is 14.2. The van der Waals surface area contributed by atoms with Crippen LogP contribution in [0.15, 0.2) is 24.3 Å². The van der Waals surface area contributed by atoms with Crippen molar-refractivity contribution in [2.24, 2.45) is 0 Å². The summed E-state index contributed by atoms with van der Waals surface area (Å²) in [5.74, 6) is 0.689. The minimum absolute atomic E-state index is 0.0279. The molecule has 0 amide bonds. The van der Waals surface area contributed by atoms with Crippen molar-refractivity contribution >= 4 is 0 Å². The van der Waals surface area contributed by atoms with Crippen LogP contribution in [0.25, 0.3) is 11.3 Å². The summed E-state index contributed by atoms with van der Waals surface area (Å²) in [5, 5.41) is 4.61. The number of benzene rings is 1. The average molecular weight is 304 g/mol. The van der Waals surface area contributed by atoms with Crippen LogP contribution in [0.5, 0.6) is 5.88 Å². The van der Waals surface area contributed by atoms with Crippen LogP contribution in [-0.4, -0.2) is 29.6 Å². The minimum Gasteiger partial charge on any atom is -0.472 e. The van der Waals surface area contributed by atoms with Crippen molar-refractivity contribution in [1.82, 2.24) is 9.78 Å². The van der Waals surface area contributed by atoms with E-state index in [4.69, 9.17) is 9.47 Å². The molecule has 0 unspecified atom stereocenters. The molecule has 5 heteroatoms. The van der Waals surface area contributed by atoms with Crippen molar-refractivity contribution in [2.45, 2.75) is 38.8 Å². The first-order chi connectivity index (χ1) is 10.6. The molecule has 0 fully saturated rings. The molecule has 22 heavy (non-hydrogen) atoms. The topological polar surface area (TPSA) is 36.3 Å². The van der Waals surface area contributed by atoms with Crippen LogP contribution < -0.4 is 4.74 Å². The Balaban J connectivity index is 2.08. The summed E-state index contributed by atoms with van der Waals surface area (Å²) < 4.78 is 27.3. The first-order valence-electron chi connectivity index (χ1n) is 7.63. The van der Waals surface area contributed by atoms with Crippen LogP contribution in [-0.2, 0) is 11.3 Å². The molecule has 0 radical (unpaired) electrons. The lowest BCUT2D eigenvalue weighted by atomic mass is 9.98. The molecule has 0 N–H and O–H groups in total. The average Bonchev–Trinajstić information content (AvgIpc) is 2.86. The Bertz CT molecular complexity index is 667. The van der Waals surface area contributed by atoms with E-state index in [1.807, 2.05) is 10.7 Å². The number of rotatable bonds is 4. The van der Waals surface area contributed by atoms with E-state index in [0.29, 0.717) is 17.9 Å². The Morgan fingerprint density at radius 3 is 2.86 bits per heavy atom. The third-order valence-corrected chi connectivity index (χ3v) is 3.94. The van der Waals surface area contributed by atoms with E-state index in [0.717, 1.165) is 24.4 Å². The summed E-state index contributed by atoms with van der Waals surface area (Å²) in [5.41, 5.74) is 2.17. The number of aryl methyl sites for hydroxylation is 1. The Morgan fingerprint density at radius 2 is 2.18 bits per heavy atom. The van der Waals surface area contributed by atoms with Gasteiger partial charge in [-0.1, -0.05) is 26.0 Å². The molecule has 118 valence electrons. The van der Waals surface area contributed by atoms with Crippen LogP contribution in [0.3, 0.4) is 0 Å². The zero-order valence-electron chi connectivity index (χ0n) is 13.2. The highest BCUT2D eigenvalue weighted by atomic mass is 19.1. The molecule has 0 spiro atoms. The largest absolute Gasteiger partial charge is 0.472 e. The van der Waals surface area contributed by atoms with E-state index >= 15 is 0 Å². The molecule has 2 heterocycles. The second kappa shape index (κ2) is 6.08. The van der Waals surface area contributed by atoms with Gasteiger partial charge in [0, 0.05) is 31.2 Å². The second-order valence-corrected chi connectivity index (χ2v) is 5.91. The SMILES string of the molecule is COC[C@H]1CCn2nc(-c3ccccc3F)c(C(C)C)c2O1. The molecule has 0 saturated carbocycles. The van der Waals surface area contributed by atoms with Gasteiger partial charge >= 0.3 is 0 Å². The van der Waals surface area contributed by atoms with Gasteiger partial charge in [-0.05, 0) is 18.1 Å². The molecular formula is C17H21FN2O2. The first-order valence-corrected chi connectivity index (χ1v) is 7.63. The standard InChI is InChI=1S/C17H21FN2O2/c1-11(2)15-16(13-6-4-5-7-14(13)18)19-20-9-8-12(10-21-3)22-17(15)20/h4-7,11-12H,8-10H2,1-3H3/t12-/m1/s1. The quantitative estimate of drug-likeness (QED) is 0.865. The number of aromatic nitrogens is 2. The van der Waals surface area contributed by atoms with E-state index in [-0.39, 0.29) is 17.8 Å². The molecule has 0 aliphatic carbocycles. The maximum Gasteiger partial charge on any atom is 0.216 e. The van der Waals surface area contributed by atoms with Gasteiger partial charge in [-0.2, -0.15) is 5.10 Å². The van der Waals surface area contributed by atoms with Crippen LogP contribution in [0.2, 0.25) is 0 Å². The zero-order valence-corrected chi connectivity index (χ0v) is 13.2. The smallest absolute Gasteiger partial charge is 0.216 e. The maximum atomic E-state index is 14.2. The van der Waals surface area contributed by atoms with Crippen LogP contribution in [0.4, 0.5) is 4.39 Å². The molecule has 4 nitrogen and oxygen atoms in total. The first kappa shape index (κ1) is 15.0. The lowest BCUT2D eigenvalue weighted by Crippen LogP contribution is -2.30. The van der Waals surface area contributed by atoms with Crippen molar-refractivity contribution < 1.29 is 13.9 Å². The fraction of sp³-hybridized carbons (Fsp3) is 0.471. The van der Waals surface area contributed by atoms with Gasteiger partial charge in [-0.25, -0.2) is 9.07 Å². The number of fused-ring (bicyclic) bond motifs is 1. The molecule has 0 saturated heterocycles. The van der Waals surface area contributed by atoms with Gasteiger partial charge in [0.1, 0.15) is 17.6 Å². The van der Waals surface area contributed by atoms with Gasteiger partial charge in [0.05, 0.1) is 6.61 Å². The van der Waals surface area contributed by atoms with Gasteiger partial charge in [0.15, 0.2) is 0 Å². The van der Waals surface area contributed by atoms with Crippen molar-refractivity contribution in [3.05, 3.63) is 35.6 Å². The molecule has 1 aromatic heterocycles. The fourth-order valence-electron chi connectivity index (χ4n) is 2.90. The van der Waals surface area contributed by atoms with Crippen molar-refractivity contribution in [3.63, 3.8) is 0 Å². The second-order valence-electron chi connectivity index (χ2n) is 5.91. The van der Waals surface area contributed by atoms with Crippen LogP contribution in [0, 0.1) is 5.82 Å². The highest BCUT2D eigenvalue weighted by molar-refractivity contribution is 5.67. The highest BCUT2D eigenvalue weighted by Crippen LogP contribution is 2.39. The Labute approximate surface area is 129 Å². The molecule has 3 rings (SSSR count). The summed E-state index contributed by atoms with van der Waals surface area (Å²) in [6, 6.07) is 6.75. The predicted molar refractivity (Wildman–Crippen MR) is 82.6 cm³/mol. The summed E-state index contributed by atoms with van der Waals surface area (Å²) >= 11 is 0. The van der Waals surface area contributed by atoms with E-state index in [1.165, 1.54) is 6.07 Å². The number of ether oxygens (including phenoxy) is 2. The van der Waals surface area contributed by atoms with Crippen molar-refractivity contribution in [3.8, 4) is 17.1 Å². The van der Waals surface area contributed by atoms with Crippen LogP contribution >= 0.6 is 0 Å². The number of methoxy groups -OCH3 is 1. The Morgan fingerprint density at radius 1 is 1.41 bits per heavy atom. The lowest BCUT2D eigenvalue weighted by molar-refractivity contribution is 0.0482. The number of hydrogen-bond donors (Lipinski definition) is 0. The fourth-order valence-corrected chi connectivity index (χ4v) is 2.90. The Kier molecular flexibility index (Phi) is 4.16. The summed E-state index contributed by atoms with van der Waals surface area (Å²) in [6.45, 7) is 5.46. The molecule has 2 aromatic rings. The van der Waals surface area contributed by atoms with E-state index in [2.05, 4.69) is 18.9 Å². The third kappa shape index (κ3) is 2.61. The van der Waals surface area contributed by atoms with Gasteiger partial charge < -0.3 is 9.47 Å². The summed E-state index contributed by atoms with van der Waals surface area (Å²) in [4.78, 5) is 0. The number of hydrogen-bond acceptors (Lipinski definition) is 3. The minimum atomic E-state index is -0.256. The van der Waals surface area contributed by atoms with Crippen molar-refractivity contribution in [2.75, 3.05) is 13.7 Å². The number of halogens is 1. The van der Waals surface area contributed by atoms with Gasteiger partial charge in [0.2, 0.25) is 5.88 Å². The molecular weight excluding hydrogens is 283 g/mol. The zero-order chi connectivity index (χ0) is 15.7. The molecule has 1 aliphatic heterocycles. The number of nitrogens with zero attached hydrogens (tertiary/aromatic N) is 2. The Hall–Kier alpha value is -1.88. The summed E-state index contributed by atoms with van der Waals surface area (Å²) in [7, 11) is 1.67.